The molecule has 0 atom stereocenters. The van der Waals surface area contributed by atoms with E-state index in [0.29, 0.717) is 11.1 Å². The van der Waals surface area contributed by atoms with Gasteiger partial charge < -0.3 is 4.98 Å². The highest BCUT2D eigenvalue weighted by Crippen LogP contribution is 2.28. The van der Waals surface area contributed by atoms with Crippen LogP contribution in [0.2, 0.25) is 0 Å². The third-order valence-electron chi connectivity index (χ3n) is 3.13. The SMILES string of the molecule is CC.N#Cc1cccc2c3c(c(=O)[nH]c12)CSCC3. The maximum Gasteiger partial charge on any atom is 0.252 e. The molecular formula is C15H16N2OS. The maximum absolute atomic E-state index is 12.0. The van der Waals surface area contributed by atoms with Gasteiger partial charge in [-0.25, -0.2) is 0 Å². The lowest BCUT2D eigenvalue weighted by molar-refractivity contribution is 1.06. The molecule has 0 saturated heterocycles. The predicted octanol–water partition coefficient (Wildman–Crippen LogP) is 3.22. The fourth-order valence-electron chi connectivity index (χ4n) is 2.31. The second-order valence-corrected chi connectivity index (χ2v) is 5.16. The normalized spacial score (nSPS) is 13.1. The Morgan fingerprint density at radius 2 is 2.11 bits per heavy atom. The number of nitrogens with zero attached hydrogens (tertiary/aromatic N) is 1. The van der Waals surface area contributed by atoms with Crippen molar-refractivity contribution >= 4 is 22.7 Å². The number of H-pyrrole nitrogens is 1. The Labute approximate surface area is 116 Å². The summed E-state index contributed by atoms with van der Waals surface area (Å²) in [6.07, 6.45) is 0.912. The Hall–Kier alpha value is -1.73. The largest absolute Gasteiger partial charge is 0.321 e. The molecule has 0 spiro atoms. The fraction of sp³-hybridized carbons (Fsp3) is 0.333. The predicted molar refractivity (Wildman–Crippen MR) is 80.5 cm³/mol. The fourth-order valence-corrected chi connectivity index (χ4v) is 3.31. The summed E-state index contributed by atoms with van der Waals surface area (Å²) in [5.41, 5.74) is 3.19. The molecule has 0 fully saturated rings. The van der Waals surface area contributed by atoms with Gasteiger partial charge in [-0.2, -0.15) is 17.0 Å². The number of benzene rings is 1. The van der Waals surface area contributed by atoms with Gasteiger partial charge in [-0.05, 0) is 23.8 Å². The smallest absolute Gasteiger partial charge is 0.252 e. The van der Waals surface area contributed by atoms with Crippen LogP contribution >= 0.6 is 11.8 Å². The van der Waals surface area contributed by atoms with Gasteiger partial charge in [0.15, 0.2) is 0 Å². The standard InChI is InChI=1S/C13H10N2OS.C2H6/c14-6-8-2-1-3-10-9-4-5-17-7-11(9)13(16)15-12(8)10;1-2/h1-3H,4-5,7H2,(H,15,16);1-2H3. The minimum Gasteiger partial charge on any atom is -0.321 e. The third-order valence-corrected chi connectivity index (χ3v) is 4.12. The minimum absolute atomic E-state index is 0.0394. The summed E-state index contributed by atoms with van der Waals surface area (Å²) in [7, 11) is 0. The summed E-state index contributed by atoms with van der Waals surface area (Å²) in [5.74, 6) is 1.82. The first-order chi connectivity index (χ1) is 9.31. The number of para-hydroxylation sites is 1. The van der Waals surface area contributed by atoms with Crippen LogP contribution in [0, 0.1) is 11.3 Å². The number of thioether (sulfide) groups is 1. The second-order valence-electron chi connectivity index (χ2n) is 4.05. The average molecular weight is 272 g/mol. The highest BCUT2D eigenvalue weighted by Gasteiger charge is 2.17. The summed E-state index contributed by atoms with van der Waals surface area (Å²) in [6.45, 7) is 4.00. The zero-order chi connectivity index (χ0) is 13.8. The van der Waals surface area contributed by atoms with Crippen molar-refractivity contribution < 1.29 is 0 Å². The molecule has 1 aromatic carbocycles. The molecule has 0 saturated carbocycles. The van der Waals surface area contributed by atoms with Gasteiger partial charge in [0.1, 0.15) is 6.07 Å². The van der Waals surface area contributed by atoms with E-state index in [4.69, 9.17) is 5.26 Å². The van der Waals surface area contributed by atoms with Gasteiger partial charge in [0.25, 0.3) is 5.56 Å². The molecule has 3 nitrogen and oxygen atoms in total. The molecule has 2 heterocycles. The van der Waals surface area contributed by atoms with Crippen LogP contribution in [-0.2, 0) is 12.2 Å². The van der Waals surface area contributed by atoms with Crippen molar-refractivity contribution in [2.24, 2.45) is 0 Å². The number of nitrogens with one attached hydrogen (secondary N) is 1. The summed E-state index contributed by atoms with van der Waals surface area (Å²) in [4.78, 5) is 14.8. The maximum atomic E-state index is 12.0. The Morgan fingerprint density at radius 3 is 2.84 bits per heavy atom. The van der Waals surface area contributed by atoms with Crippen molar-refractivity contribution in [1.29, 1.82) is 5.26 Å². The second kappa shape index (κ2) is 5.94. The summed E-state index contributed by atoms with van der Waals surface area (Å²) < 4.78 is 0. The summed E-state index contributed by atoms with van der Waals surface area (Å²) in [5, 5.41) is 10.1. The third kappa shape index (κ3) is 2.39. The minimum atomic E-state index is -0.0394. The zero-order valence-electron chi connectivity index (χ0n) is 11.1. The number of aromatic nitrogens is 1. The number of hydrogen-bond acceptors (Lipinski definition) is 3. The van der Waals surface area contributed by atoms with Crippen LogP contribution in [0.15, 0.2) is 23.0 Å². The Bertz CT molecular complexity index is 698. The van der Waals surface area contributed by atoms with Crippen molar-refractivity contribution in [2.45, 2.75) is 26.0 Å². The number of aryl methyl sites for hydroxylation is 1. The van der Waals surface area contributed by atoms with Crippen LogP contribution in [0.3, 0.4) is 0 Å². The van der Waals surface area contributed by atoms with Gasteiger partial charge in [-0.3, -0.25) is 4.79 Å². The lowest BCUT2D eigenvalue weighted by atomic mass is 9.99. The molecule has 19 heavy (non-hydrogen) atoms. The van der Waals surface area contributed by atoms with E-state index < -0.39 is 0 Å². The molecule has 0 unspecified atom stereocenters. The van der Waals surface area contributed by atoms with E-state index >= 15 is 0 Å². The Balaban J connectivity index is 0.000000637. The van der Waals surface area contributed by atoms with Crippen LogP contribution < -0.4 is 5.56 Å². The summed E-state index contributed by atoms with van der Waals surface area (Å²) in [6, 6.07) is 7.73. The van der Waals surface area contributed by atoms with Crippen LogP contribution in [-0.4, -0.2) is 10.7 Å². The van der Waals surface area contributed by atoms with Gasteiger partial charge in [0.2, 0.25) is 0 Å². The summed E-state index contributed by atoms with van der Waals surface area (Å²) >= 11 is 1.79. The molecule has 0 bridgehead atoms. The van der Waals surface area contributed by atoms with Crippen molar-refractivity contribution in [3.05, 3.63) is 45.2 Å². The van der Waals surface area contributed by atoms with E-state index in [2.05, 4.69) is 11.1 Å². The van der Waals surface area contributed by atoms with Gasteiger partial charge in [0, 0.05) is 16.7 Å². The van der Waals surface area contributed by atoms with Crippen molar-refractivity contribution in [3.63, 3.8) is 0 Å². The molecular weight excluding hydrogens is 256 g/mol. The van der Waals surface area contributed by atoms with Gasteiger partial charge in [-0.1, -0.05) is 26.0 Å². The molecule has 2 aromatic rings. The first-order valence-electron chi connectivity index (χ1n) is 6.46. The molecule has 1 aromatic heterocycles. The molecule has 3 rings (SSSR count). The monoisotopic (exact) mass is 272 g/mol. The molecule has 4 heteroatoms. The first-order valence-corrected chi connectivity index (χ1v) is 7.61. The first kappa shape index (κ1) is 13.7. The number of fused-ring (bicyclic) bond motifs is 3. The van der Waals surface area contributed by atoms with E-state index in [9.17, 15) is 4.79 Å². The molecule has 1 aliphatic heterocycles. The molecule has 0 aliphatic carbocycles. The van der Waals surface area contributed by atoms with Crippen LogP contribution in [0.4, 0.5) is 0 Å². The molecule has 0 radical (unpaired) electrons. The average Bonchev–Trinajstić information content (AvgIpc) is 2.49. The van der Waals surface area contributed by atoms with Crippen molar-refractivity contribution in [3.8, 4) is 6.07 Å². The zero-order valence-corrected chi connectivity index (χ0v) is 11.9. The van der Waals surface area contributed by atoms with Crippen molar-refractivity contribution in [1.82, 2.24) is 4.98 Å². The number of hydrogen-bond donors (Lipinski definition) is 1. The number of pyridine rings is 1. The molecule has 0 amide bonds. The van der Waals surface area contributed by atoms with Crippen molar-refractivity contribution in [2.75, 3.05) is 5.75 Å². The highest BCUT2D eigenvalue weighted by molar-refractivity contribution is 7.98. The topological polar surface area (TPSA) is 56.6 Å². The van der Waals surface area contributed by atoms with E-state index in [1.165, 1.54) is 0 Å². The van der Waals surface area contributed by atoms with E-state index in [1.807, 2.05) is 26.0 Å². The number of rotatable bonds is 0. The lowest BCUT2D eigenvalue weighted by Crippen LogP contribution is -2.19. The van der Waals surface area contributed by atoms with Crippen LogP contribution in [0.25, 0.3) is 10.9 Å². The molecule has 1 aliphatic rings. The number of aromatic amines is 1. The Kier molecular flexibility index (Phi) is 4.28. The van der Waals surface area contributed by atoms with Crippen LogP contribution in [0.5, 0.6) is 0 Å². The highest BCUT2D eigenvalue weighted by atomic mass is 32.2. The number of nitriles is 1. The van der Waals surface area contributed by atoms with E-state index in [1.54, 1.807) is 17.8 Å². The molecule has 1 N–H and O–H groups in total. The quantitative estimate of drug-likeness (QED) is 0.801. The lowest BCUT2D eigenvalue weighted by Gasteiger charge is -2.16. The van der Waals surface area contributed by atoms with Crippen LogP contribution in [0.1, 0.15) is 30.5 Å². The van der Waals surface area contributed by atoms with E-state index in [0.717, 1.165) is 34.4 Å². The van der Waals surface area contributed by atoms with E-state index in [-0.39, 0.29) is 5.56 Å². The van der Waals surface area contributed by atoms with Gasteiger partial charge >= 0.3 is 0 Å². The van der Waals surface area contributed by atoms with Gasteiger partial charge in [-0.15, -0.1) is 0 Å². The molecule has 98 valence electrons. The van der Waals surface area contributed by atoms with Gasteiger partial charge in [0.05, 0.1) is 11.1 Å². The Morgan fingerprint density at radius 1 is 1.32 bits per heavy atom.